The van der Waals surface area contributed by atoms with Crippen LogP contribution in [0.3, 0.4) is 0 Å². The summed E-state index contributed by atoms with van der Waals surface area (Å²) in [5, 5.41) is 16.6. The molecule has 11 nitrogen and oxygen atoms in total. The average Bonchev–Trinajstić information content (AvgIpc) is 3.16. The summed E-state index contributed by atoms with van der Waals surface area (Å²) in [6, 6.07) is 10.2. The first-order valence-corrected chi connectivity index (χ1v) is 11.7. The summed E-state index contributed by atoms with van der Waals surface area (Å²) < 4.78 is 1.14. The van der Waals surface area contributed by atoms with Gasteiger partial charge in [0.1, 0.15) is 5.82 Å². The zero-order chi connectivity index (χ0) is 25.1. The number of aromatic carboxylic acids is 1. The van der Waals surface area contributed by atoms with Gasteiger partial charge in [0, 0.05) is 44.3 Å². The minimum Gasteiger partial charge on any atom is -0.476 e. The van der Waals surface area contributed by atoms with E-state index in [9.17, 15) is 19.5 Å². The molecule has 1 aromatic carbocycles. The summed E-state index contributed by atoms with van der Waals surface area (Å²) >= 11 is 9.35. The third kappa shape index (κ3) is 5.14. The third-order valence-corrected chi connectivity index (χ3v) is 6.66. The Labute approximate surface area is 213 Å². The van der Waals surface area contributed by atoms with Gasteiger partial charge in [-0.3, -0.25) is 19.5 Å². The van der Waals surface area contributed by atoms with Gasteiger partial charge in [-0.2, -0.15) is 5.10 Å². The molecule has 0 saturated carbocycles. The number of nitrogens with one attached hydrogen (secondary N) is 1. The predicted molar refractivity (Wildman–Crippen MR) is 133 cm³/mol. The summed E-state index contributed by atoms with van der Waals surface area (Å²) in [5.74, 6) is -2.70. The van der Waals surface area contributed by atoms with E-state index in [1.807, 2.05) is 12.1 Å². The molecule has 3 heterocycles. The minimum atomic E-state index is -1.34. The van der Waals surface area contributed by atoms with Crippen molar-refractivity contribution >= 4 is 56.8 Å². The first-order chi connectivity index (χ1) is 16.8. The van der Waals surface area contributed by atoms with Crippen molar-refractivity contribution in [1.82, 2.24) is 19.7 Å². The molecule has 1 fully saturated rings. The number of carbonyl (C=O) groups is 3. The van der Waals surface area contributed by atoms with Crippen LogP contribution in [0, 0.1) is 0 Å². The number of primary amides is 1. The predicted octanol–water partition coefficient (Wildman–Crippen LogP) is 2.45. The highest BCUT2D eigenvalue weighted by Gasteiger charge is 2.35. The molecule has 1 aliphatic rings. The number of carbonyl (C=O) groups excluding carboxylic acids is 2. The van der Waals surface area contributed by atoms with E-state index in [2.05, 4.69) is 36.2 Å². The Hall–Kier alpha value is -3.48. The lowest BCUT2D eigenvalue weighted by atomic mass is 10.2. The van der Waals surface area contributed by atoms with Crippen molar-refractivity contribution in [3.8, 4) is 0 Å². The number of rotatable bonds is 7. The molecular formula is C22H21BrClN7O4. The second-order valence-electron chi connectivity index (χ2n) is 7.70. The zero-order valence-electron chi connectivity index (χ0n) is 18.3. The highest BCUT2D eigenvalue weighted by atomic mass is 79.9. The van der Waals surface area contributed by atoms with E-state index < -0.39 is 23.9 Å². The largest absolute Gasteiger partial charge is 0.476 e. The van der Waals surface area contributed by atoms with Crippen LogP contribution in [-0.2, 0) is 4.79 Å². The van der Waals surface area contributed by atoms with Crippen LogP contribution in [0.1, 0.15) is 27.0 Å². The van der Waals surface area contributed by atoms with Crippen LogP contribution in [0.25, 0.3) is 0 Å². The van der Waals surface area contributed by atoms with Crippen LogP contribution in [-0.4, -0.2) is 68.7 Å². The van der Waals surface area contributed by atoms with Crippen LogP contribution in [0.5, 0.6) is 0 Å². The van der Waals surface area contributed by atoms with Crippen molar-refractivity contribution in [2.45, 2.75) is 6.17 Å². The van der Waals surface area contributed by atoms with Crippen molar-refractivity contribution in [3.63, 3.8) is 0 Å². The number of benzene rings is 1. The number of nitrogens with two attached hydrogens (primary N) is 1. The van der Waals surface area contributed by atoms with Crippen molar-refractivity contribution in [3.05, 3.63) is 69.5 Å². The van der Waals surface area contributed by atoms with Gasteiger partial charge in [0.15, 0.2) is 11.9 Å². The molecule has 182 valence electrons. The first-order valence-electron chi connectivity index (χ1n) is 10.5. The molecule has 4 N–H and O–H groups in total. The van der Waals surface area contributed by atoms with Gasteiger partial charge in [0.05, 0.1) is 15.1 Å². The average molecular weight is 563 g/mol. The number of halogens is 2. The van der Waals surface area contributed by atoms with E-state index >= 15 is 0 Å². The van der Waals surface area contributed by atoms with E-state index in [0.29, 0.717) is 26.2 Å². The third-order valence-electron chi connectivity index (χ3n) is 5.58. The Balaban J connectivity index is 1.65. The Morgan fingerprint density at radius 2 is 1.74 bits per heavy atom. The maximum atomic E-state index is 12.9. The minimum absolute atomic E-state index is 0.00655. The van der Waals surface area contributed by atoms with Gasteiger partial charge in [-0.1, -0.05) is 23.7 Å². The summed E-state index contributed by atoms with van der Waals surface area (Å²) in [7, 11) is 0. The molecule has 0 bridgehead atoms. The van der Waals surface area contributed by atoms with E-state index in [0.717, 1.165) is 10.4 Å². The standard InChI is InChI=1S/C22H21BrClN7O4/c23-16-17(22(34)35)28-31(19(16)27-20(33)14-3-1-2-4-15(14)24)21(18(25)32)30-11-9-29(10-12-30)13-5-7-26-8-6-13/h1-8,21H,9-12H2,(H2,25,32)(H,27,33)(H,34,35). The van der Waals surface area contributed by atoms with Gasteiger partial charge in [0.25, 0.3) is 11.8 Å². The molecule has 1 unspecified atom stereocenters. The first kappa shape index (κ1) is 24.6. The maximum absolute atomic E-state index is 12.9. The topological polar surface area (TPSA) is 147 Å². The number of pyridine rings is 1. The van der Waals surface area contributed by atoms with Gasteiger partial charge < -0.3 is 21.1 Å². The van der Waals surface area contributed by atoms with Crippen LogP contribution in [0.4, 0.5) is 11.5 Å². The number of amides is 2. The number of hydrogen-bond acceptors (Lipinski definition) is 7. The highest BCUT2D eigenvalue weighted by molar-refractivity contribution is 9.10. The van der Waals surface area contributed by atoms with Crippen LogP contribution in [0.15, 0.2) is 53.3 Å². The number of carboxylic acids is 1. The Morgan fingerprint density at radius 3 is 2.34 bits per heavy atom. The Bertz CT molecular complexity index is 1260. The SMILES string of the molecule is NC(=O)C(N1CCN(c2ccncc2)CC1)n1nc(C(=O)O)c(Br)c1NC(=O)c1ccccc1Cl. The van der Waals surface area contributed by atoms with E-state index in [1.54, 1.807) is 35.5 Å². The smallest absolute Gasteiger partial charge is 0.357 e. The number of aromatic nitrogens is 3. The van der Waals surface area contributed by atoms with Crippen molar-refractivity contribution in [1.29, 1.82) is 0 Å². The van der Waals surface area contributed by atoms with Crippen molar-refractivity contribution in [2.24, 2.45) is 5.73 Å². The molecule has 4 rings (SSSR count). The molecule has 3 aromatic rings. The molecule has 0 radical (unpaired) electrons. The highest BCUT2D eigenvalue weighted by Crippen LogP contribution is 2.32. The van der Waals surface area contributed by atoms with Crippen LogP contribution in [0.2, 0.25) is 5.02 Å². The molecule has 1 aliphatic heterocycles. The normalized spacial score (nSPS) is 15.0. The number of nitrogens with zero attached hydrogens (tertiary/aromatic N) is 5. The molecule has 1 atom stereocenters. The van der Waals surface area contributed by atoms with E-state index in [1.165, 1.54) is 6.07 Å². The lowest BCUT2D eigenvalue weighted by Crippen LogP contribution is -2.52. The molecule has 0 spiro atoms. The number of carboxylic acid groups (broad SMARTS) is 1. The van der Waals surface area contributed by atoms with Crippen LogP contribution >= 0.6 is 27.5 Å². The molecule has 1 saturated heterocycles. The molecular weight excluding hydrogens is 542 g/mol. The van der Waals surface area contributed by atoms with Gasteiger partial charge in [0.2, 0.25) is 0 Å². The monoisotopic (exact) mass is 561 g/mol. The van der Waals surface area contributed by atoms with E-state index in [-0.39, 0.29) is 26.6 Å². The fourth-order valence-corrected chi connectivity index (χ4v) is 4.65. The second-order valence-corrected chi connectivity index (χ2v) is 8.90. The summed E-state index contributed by atoms with van der Waals surface area (Å²) in [6.07, 6.45) is 2.27. The van der Waals surface area contributed by atoms with Gasteiger partial charge in [-0.25, -0.2) is 9.48 Å². The van der Waals surface area contributed by atoms with Crippen molar-refractivity contribution < 1.29 is 19.5 Å². The summed E-state index contributed by atoms with van der Waals surface area (Å²) in [5.41, 5.74) is 6.55. The Morgan fingerprint density at radius 1 is 1.09 bits per heavy atom. The van der Waals surface area contributed by atoms with Gasteiger partial charge >= 0.3 is 5.97 Å². The van der Waals surface area contributed by atoms with Gasteiger partial charge in [-0.15, -0.1) is 0 Å². The lowest BCUT2D eigenvalue weighted by Gasteiger charge is -2.39. The van der Waals surface area contributed by atoms with Gasteiger partial charge in [-0.05, 0) is 40.2 Å². The number of anilines is 2. The zero-order valence-corrected chi connectivity index (χ0v) is 20.6. The fraction of sp³-hybridized carbons (Fsp3) is 0.227. The molecule has 13 heteroatoms. The van der Waals surface area contributed by atoms with Crippen LogP contribution < -0.4 is 16.0 Å². The number of piperazine rings is 1. The van der Waals surface area contributed by atoms with Crippen molar-refractivity contribution in [2.75, 3.05) is 36.4 Å². The maximum Gasteiger partial charge on any atom is 0.357 e. The summed E-state index contributed by atoms with van der Waals surface area (Å²) in [6.45, 7) is 2.05. The fourth-order valence-electron chi connectivity index (χ4n) is 3.90. The summed E-state index contributed by atoms with van der Waals surface area (Å²) in [4.78, 5) is 45.3. The number of hydrogen-bond donors (Lipinski definition) is 3. The Kier molecular flexibility index (Phi) is 7.34. The molecule has 35 heavy (non-hydrogen) atoms. The molecule has 2 aromatic heterocycles. The second kappa shape index (κ2) is 10.4. The molecule has 0 aliphatic carbocycles. The van der Waals surface area contributed by atoms with E-state index in [4.69, 9.17) is 17.3 Å². The lowest BCUT2D eigenvalue weighted by molar-refractivity contribution is -0.127. The quantitative estimate of drug-likeness (QED) is 0.398. The molecule has 2 amide bonds.